The number of rotatable bonds is 2. The van der Waals surface area contributed by atoms with Crippen LogP contribution in [-0.2, 0) is 0 Å². The molecule has 1 aromatic heterocycles. The van der Waals surface area contributed by atoms with Crippen LogP contribution < -0.4 is 16.2 Å². The minimum absolute atomic E-state index is 0.128. The first-order chi connectivity index (χ1) is 10.4. The molecule has 0 bridgehead atoms. The summed E-state index contributed by atoms with van der Waals surface area (Å²) in [6, 6.07) is 5.13. The van der Waals surface area contributed by atoms with Gasteiger partial charge in [0, 0.05) is 21.9 Å². The van der Waals surface area contributed by atoms with Gasteiger partial charge in [0.25, 0.3) is 5.91 Å². The van der Waals surface area contributed by atoms with Crippen LogP contribution in [0.15, 0.2) is 18.2 Å². The molecule has 3 rings (SSSR count). The van der Waals surface area contributed by atoms with E-state index in [1.54, 1.807) is 12.1 Å². The van der Waals surface area contributed by atoms with Crippen LogP contribution in [-0.4, -0.2) is 18.4 Å². The van der Waals surface area contributed by atoms with Crippen molar-refractivity contribution in [1.82, 2.24) is 0 Å². The van der Waals surface area contributed by atoms with Gasteiger partial charge in [-0.3, -0.25) is 9.59 Å². The van der Waals surface area contributed by atoms with Crippen LogP contribution in [0.1, 0.15) is 44.0 Å². The number of ether oxygens (including phenoxy) is 1. The third-order valence-electron chi connectivity index (χ3n) is 3.91. The molecule has 0 aliphatic carbocycles. The van der Waals surface area contributed by atoms with Crippen LogP contribution in [0.25, 0.3) is 10.4 Å². The van der Waals surface area contributed by atoms with Crippen LogP contribution in [0.5, 0.6) is 5.75 Å². The third kappa shape index (κ3) is 2.16. The quantitative estimate of drug-likeness (QED) is 0.890. The first kappa shape index (κ1) is 14.6. The van der Waals surface area contributed by atoms with E-state index in [4.69, 9.17) is 16.2 Å². The van der Waals surface area contributed by atoms with Gasteiger partial charge in [-0.2, -0.15) is 0 Å². The van der Waals surface area contributed by atoms with Crippen molar-refractivity contribution in [3.63, 3.8) is 0 Å². The van der Waals surface area contributed by atoms with E-state index in [1.807, 2.05) is 19.9 Å². The molecular formula is C16H16N2O3S. The molecular weight excluding hydrogens is 300 g/mol. The SMILES string of the molecule is Cc1c(C(N)=O)sc2c1C(C)COc1cc(C(N)=O)ccc1-2. The summed E-state index contributed by atoms with van der Waals surface area (Å²) in [4.78, 5) is 24.5. The van der Waals surface area contributed by atoms with Crippen molar-refractivity contribution in [3.8, 4) is 16.2 Å². The maximum atomic E-state index is 11.6. The monoisotopic (exact) mass is 316 g/mol. The van der Waals surface area contributed by atoms with E-state index in [0.29, 0.717) is 22.8 Å². The fraction of sp³-hybridized carbons (Fsp3) is 0.250. The Labute approximate surface area is 131 Å². The lowest BCUT2D eigenvalue weighted by molar-refractivity contribution is 0.0993. The summed E-state index contributed by atoms with van der Waals surface area (Å²) in [5, 5.41) is 0. The van der Waals surface area contributed by atoms with Gasteiger partial charge < -0.3 is 16.2 Å². The predicted molar refractivity (Wildman–Crippen MR) is 85.4 cm³/mol. The molecule has 5 nitrogen and oxygen atoms in total. The Bertz CT molecular complexity index is 795. The Morgan fingerprint density at radius 3 is 2.64 bits per heavy atom. The van der Waals surface area contributed by atoms with Gasteiger partial charge in [0.05, 0.1) is 11.5 Å². The highest BCUT2D eigenvalue weighted by Crippen LogP contribution is 2.46. The van der Waals surface area contributed by atoms with E-state index in [-0.39, 0.29) is 5.92 Å². The van der Waals surface area contributed by atoms with Crippen molar-refractivity contribution >= 4 is 23.2 Å². The third-order valence-corrected chi connectivity index (χ3v) is 5.26. The maximum Gasteiger partial charge on any atom is 0.259 e. The molecule has 1 aliphatic heterocycles. The zero-order valence-electron chi connectivity index (χ0n) is 12.3. The summed E-state index contributed by atoms with van der Waals surface area (Å²) in [5.74, 6) is -0.175. The highest BCUT2D eigenvalue weighted by atomic mass is 32.1. The fourth-order valence-electron chi connectivity index (χ4n) is 2.84. The van der Waals surface area contributed by atoms with Gasteiger partial charge in [0.1, 0.15) is 5.75 Å². The summed E-state index contributed by atoms with van der Waals surface area (Å²) < 4.78 is 5.83. The number of thiophene rings is 1. The van der Waals surface area contributed by atoms with E-state index in [1.165, 1.54) is 11.3 Å². The summed E-state index contributed by atoms with van der Waals surface area (Å²) >= 11 is 1.37. The molecule has 22 heavy (non-hydrogen) atoms. The summed E-state index contributed by atoms with van der Waals surface area (Å²) in [5.41, 5.74) is 14.1. The average Bonchev–Trinajstić information content (AvgIpc) is 2.74. The van der Waals surface area contributed by atoms with Gasteiger partial charge in [-0.1, -0.05) is 6.92 Å². The fourth-order valence-corrected chi connectivity index (χ4v) is 4.15. The molecule has 1 atom stereocenters. The molecule has 2 amide bonds. The van der Waals surface area contributed by atoms with Crippen LogP contribution in [0.2, 0.25) is 0 Å². The first-order valence-electron chi connectivity index (χ1n) is 6.90. The molecule has 0 spiro atoms. The highest BCUT2D eigenvalue weighted by molar-refractivity contribution is 7.17. The maximum absolute atomic E-state index is 11.6. The number of fused-ring (bicyclic) bond motifs is 3. The van der Waals surface area contributed by atoms with E-state index < -0.39 is 11.8 Å². The number of benzene rings is 1. The number of amides is 2. The molecule has 1 aromatic carbocycles. The lowest BCUT2D eigenvalue weighted by Gasteiger charge is -2.11. The molecule has 1 unspecified atom stereocenters. The molecule has 0 radical (unpaired) electrons. The minimum atomic E-state index is -0.496. The second-order valence-electron chi connectivity index (χ2n) is 5.45. The highest BCUT2D eigenvalue weighted by Gasteiger charge is 2.28. The second kappa shape index (κ2) is 5.14. The summed E-state index contributed by atoms with van der Waals surface area (Å²) in [7, 11) is 0. The largest absolute Gasteiger partial charge is 0.492 e. The van der Waals surface area contributed by atoms with Crippen molar-refractivity contribution in [2.75, 3.05) is 6.61 Å². The Morgan fingerprint density at radius 2 is 2.00 bits per heavy atom. The zero-order chi connectivity index (χ0) is 16.0. The molecule has 114 valence electrons. The zero-order valence-corrected chi connectivity index (χ0v) is 13.1. The number of primary amides is 2. The van der Waals surface area contributed by atoms with Crippen LogP contribution in [0.4, 0.5) is 0 Å². The molecule has 1 aliphatic rings. The summed E-state index contributed by atoms with van der Waals surface area (Å²) in [6.45, 7) is 4.43. The Morgan fingerprint density at radius 1 is 1.27 bits per heavy atom. The lowest BCUT2D eigenvalue weighted by Crippen LogP contribution is -2.12. The normalized spacial score (nSPS) is 16.2. The van der Waals surface area contributed by atoms with Gasteiger partial charge in [-0.05, 0) is 36.2 Å². The lowest BCUT2D eigenvalue weighted by atomic mass is 9.95. The van der Waals surface area contributed by atoms with E-state index in [0.717, 1.165) is 21.6 Å². The van der Waals surface area contributed by atoms with E-state index >= 15 is 0 Å². The number of nitrogens with two attached hydrogens (primary N) is 2. The van der Waals surface area contributed by atoms with Gasteiger partial charge in [0.2, 0.25) is 5.91 Å². The molecule has 4 N–H and O–H groups in total. The number of hydrogen-bond acceptors (Lipinski definition) is 4. The van der Waals surface area contributed by atoms with Gasteiger partial charge in [-0.15, -0.1) is 11.3 Å². The Balaban J connectivity index is 2.26. The number of hydrogen-bond donors (Lipinski definition) is 2. The molecule has 2 heterocycles. The van der Waals surface area contributed by atoms with Crippen LogP contribution in [0.3, 0.4) is 0 Å². The smallest absolute Gasteiger partial charge is 0.259 e. The number of carbonyl (C=O) groups excluding carboxylic acids is 2. The minimum Gasteiger partial charge on any atom is -0.492 e. The average molecular weight is 316 g/mol. The standard InChI is InChI=1S/C16H16N2O3S/c1-7-6-21-11-5-9(15(17)19)3-4-10(11)14-12(7)8(2)13(22-14)16(18)20/h3-5,7H,6H2,1-2H3,(H2,17,19)(H2,18,20). The van der Waals surface area contributed by atoms with E-state index in [2.05, 4.69) is 0 Å². The van der Waals surface area contributed by atoms with Gasteiger partial charge in [-0.25, -0.2) is 0 Å². The van der Waals surface area contributed by atoms with Crippen LogP contribution >= 0.6 is 11.3 Å². The van der Waals surface area contributed by atoms with Crippen molar-refractivity contribution < 1.29 is 14.3 Å². The van der Waals surface area contributed by atoms with Crippen molar-refractivity contribution in [3.05, 3.63) is 39.8 Å². The predicted octanol–water partition coefficient (Wildman–Crippen LogP) is 2.42. The summed E-state index contributed by atoms with van der Waals surface area (Å²) in [6.07, 6.45) is 0. The molecule has 0 saturated carbocycles. The Kier molecular flexibility index (Phi) is 3.41. The molecule has 6 heteroatoms. The topological polar surface area (TPSA) is 95.4 Å². The van der Waals surface area contributed by atoms with Crippen molar-refractivity contribution in [1.29, 1.82) is 0 Å². The molecule has 0 fully saturated rings. The first-order valence-corrected chi connectivity index (χ1v) is 7.72. The molecule has 0 saturated heterocycles. The van der Waals surface area contributed by atoms with E-state index in [9.17, 15) is 9.59 Å². The van der Waals surface area contributed by atoms with Crippen LogP contribution in [0, 0.1) is 6.92 Å². The Hall–Kier alpha value is -2.34. The van der Waals surface area contributed by atoms with Gasteiger partial charge >= 0.3 is 0 Å². The second-order valence-corrected chi connectivity index (χ2v) is 6.47. The van der Waals surface area contributed by atoms with Crippen molar-refractivity contribution in [2.45, 2.75) is 19.8 Å². The molecule has 2 aromatic rings. The van der Waals surface area contributed by atoms with Crippen molar-refractivity contribution in [2.24, 2.45) is 11.5 Å². The number of carbonyl (C=O) groups is 2. The van der Waals surface area contributed by atoms with Gasteiger partial charge in [0.15, 0.2) is 0 Å².